The van der Waals surface area contributed by atoms with Crippen LogP contribution in [0.1, 0.15) is 27.0 Å². The molecule has 7 heteroatoms. The number of carboxylic acid groups (broad SMARTS) is 1. The van der Waals surface area contributed by atoms with Crippen molar-refractivity contribution in [3.8, 4) is 11.5 Å². The standard InChI is InChI=1S/C21H23NO4SSi/c1-28(2,3)12-10-16-7-8-17-9-11-22(15-19(17)13-16)27(25,26)20-6-4-5-18(14-20)21(23)24/h4-8,13-14H,9,11,15H2,1-3H3,(H,23,24). The summed E-state index contributed by atoms with van der Waals surface area (Å²) >= 11 is 0. The third-order valence-electron chi connectivity index (χ3n) is 4.48. The van der Waals surface area contributed by atoms with Crippen LogP contribution in [-0.2, 0) is 23.0 Å². The van der Waals surface area contributed by atoms with Gasteiger partial charge in [0.25, 0.3) is 0 Å². The van der Waals surface area contributed by atoms with E-state index in [0.29, 0.717) is 13.0 Å². The Bertz CT molecular complexity index is 1090. The lowest BCUT2D eigenvalue weighted by Crippen LogP contribution is -2.36. The number of sulfonamides is 1. The maximum Gasteiger partial charge on any atom is 0.335 e. The second-order valence-corrected chi connectivity index (χ2v) is 14.6. The molecule has 0 atom stereocenters. The van der Waals surface area contributed by atoms with E-state index in [1.54, 1.807) is 0 Å². The fourth-order valence-corrected chi connectivity index (χ4v) is 5.00. The molecule has 3 rings (SSSR count). The molecule has 0 fully saturated rings. The number of hydrogen-bond donors (Lipinski definition) is 1. The van der Waals surface area contributed by atoms with Crippen molar-refractivity contribution in [2.24, 2.45) is 0 Å². The lowest BCUT2D eigenvalue weighted by Gasteiger charge is -2.28. The summed E-state index contributed by atoms with van der Waals surface area (Å²) in [7, 11) is -5.26. The van der Waals surface area contributed by atoms with Gasteiger partial charge in [-0.3, -0.25) is 0 Å². The minimum absolute atomic E-state index is 0.00512. The van der Waals surface area contributed by atoms with Crippen molar-refractivity contribution < 1.29 is 18.3 Å². The van der Waals surface area contributed by atoms with Gasteiger partial charge < -0.3 is 5.11 Å². The number of fused-ring (bicyclic) bond motifs is 1. The van der Waals surface area contributed by atoms with Crippen molar-refractivity contribution in [1.29, 1.82) is 0 Å². The van der Waals surface area contributed by atoms with Crippen molar-refractivity contribution in [2.45, 2.75) is 37.5 Å². The van der Waals surface area contributed by atoms with Gasteiger partial charge in [-0.2, -0.15) is 4.31 Å². The number of benzene rings is 2. The number of hydrogen-bond acceptors (Lipinski definition) is 3. The highest BCUT2D eigenvalue weighted by molar-refractivity contribution is 7.89. The van der Waals surface area contributed by atoms with Gasteiger partial charge in [-0.25, -0.2) is 13.2 Å². The molecule has 2 aromatic carbocycles. The van der Waals surface area contributed by atoms with Gasteiger partial charge in [0.2, 0.25) is 10.0 Å². The van der Waals surface area contributed by atoms with E-state index >= 15 is 0 Å². The molecule has 0 amide bonds. The van der Waals surface area contributed by atoms with E-state index in [9.17, 15) is 13.2 Å². The monoisotopic (exact) mass is 413 g/mol. The molecule has 1 aliphatic heterocycles. The number of carboxylic acids is 1. The summed E-state index contributed by atoms with van der Waals surface area (Å²) in [6.45, 7) is 7.16. The minimum atomic E-state index is -3.77. The van der Waals surface area contributed by atoms with Crippen LogP contribution in [0.2, 0.25) is 19.6 Å². The van der Waals surface area contributed by atoms with Gasteiger partial charge in [-0.05, 0) is 47.9 Å². The van der Waals surface area contributed by atoms with Gasteiger partial charge in [0.05, 0.1) is 10.5 Å². The Balaban J connectivity index is 1.90. The predicted molar refractivity (Wildman–Crippen MR) is 111 cm³/mol. The Hall–Kier alpha value is -2.40. The van der Waals surface area contributed by atoms with Crippen LogP contribution in [0.5, 0.6) is 0 Å². The van der Waals surface area contributed by atoms with Crippen molar-refractivity contribution >= 4 is 24.1 Å². The molecule has 1 heterocycles. The third kappa shape index (κ3) is 4.53. The molecule has 1 N–H and O–H groups in total. The van der Waals surface area contributed by atoms with E-state index in [2.05, 4.69) is 31.1 Å². The molecular weight excluding hydrogens is 390 g/mol. The maximum absolute atomic E-state index is 13.0. The Kier molecular flexibility index (Phi) is 5.48. The first kappa shape index (κ1) is 20.3. The highest BCUT2D eigenvalue weighted by Crippen LogP contribution is 2.26. The van der Waals surface area contributed by atoms with E-state index in [-0.39, 0.29) is 17.0 Å². The first-order valence-corrected chi connectivity index (χ1v) is 14.0. The van der Waals surface area contributed by atoms with E-state index in [0.717, 1.165) is 16.7 Å². The summed E-state index contributed by atoms with van der Waals surface area (Å²) < 4.78 is 27.5. The van der Waals surface area contributed by atoms with E-state index in [1.807, 2.05) is 18.2 Å². The summed E-state index contributed by atoms with van der Waals surface area (Å²) in [4.78, 5) is 11.2. The quantitative estimate of drug-likeness (QED) is 0.618. The van der Waals surface area contributed by atoms with Crippen molar-refractivity contribution in [2.75, 3.05) is 6.54 Å². The first-order chi connectivity index (χ1) is 13.1. The van der Waals surface area contributed by atoms with Gasteiger partial charge in [-0.15, -0.1) is 5.54 Å². The maximum atomic E-state index is 13.0. The van der Waals surface area contributed by atoms with Crippen molar-refractivity contribution in [1.82, 2.24) is 4.31 Å². The zero-order chi connectivity index (χ0) is 20.5. The molecule has 0 saturated heterocycles. The molecule has 28 heavy (non-hydrogen) atoms. The summed E-state index contributed by atoms with van der Waals surface area (Å²) in [5.74, 6) is 2.07. The summed E-state index contributed by atoms with van der Waals surface area (Å²) in [5, 5.41) is 9.14. The molecule has 0 saturated carbocycles. The van der Waals surface area contributed by atoms with Crippen LogP contribution < -0.4 is 0 Å². The zero-order valence-electron chi connectivity index (χ0n) is 16.2. The summed E-state index contributed by atoms with van der Waals surface area (Å²) in [6.07, 6.45) is 0.620. The Labute approximate surface area is 167 Å². The molecule has 5 nitrogen and oxygen atoms in total. The molecule has 0 unspecified atom stereocenters. The second-order valence-electron chi connectivity index (χ2n) is 7.91. The minimum Gasteiger partial charge on any atom is -0.478 e. The molecule has 0 aliphatic carbocycles. The smallest absolute Gasteiger partial charge is 0.335 e. The number of aromatic carboxylic acids is 1. The highest BCUT2D eigenvalue weighted by atomic mass is 32.2. The predicted octanol–water partition coefficient (Wildman–Crippen LogP) is 3.36. The average molecular weight is 414 g/mol. The van der Waals surface area contributed by atoms with Crippen LogP contribution in [0.15, 0.2) is 47.4 Å². The molecule has 146 valence electrons. The fourth-order valence-electron chi connectivity index (χ4n) is 3.01. The lowest BCUT2D eigenvalue weighted by molar-refractivity contribution is 0.0696. The normalized spacial score (nSPS) is 14.7. The Morgan fingerprint density at radius 1 is 1.11 bits per heavy atom. The zero-order valence-corrected chi connectivity index (χ0v) is 18.0. The summed E-state index contributed by atoms with van der Waals surface area (Å²) in [5.41, 5.74) is 6.27. The molecule has 0 aromatic heterocycles. The third-order valence-corrected chi connectivity index (χ3v) is 7.20. The number of nitrogens with zero attached hydrogens (tertiary/aromatic N) is 1. The van der Waals surface area contributed by atoms with Gasteiger partial charge in [-0.1, -0.05) is 37.7 Å². The first-order valence-electron chi connectivity index (χ1n) is 9.05. The Morgan fingerprint density at radius 3 is 2.54 bits per heavy atom. The molecule has 0 radical (unpaired) electrons. The lowest BCUT2D eigenvalue weighted by atomic mass is 9.99. The van der Waals surface area contributed by atoms with Crippen LogP contribution >= 0.6 is 0 Å². The van der Waals surface area contributed by atoms with Crippen LogP contribution in [0.25, 0.3) is 0 Å². The van der Waals surface area contributed by atoms with E-state index in [1.165, 1.54) is 28.6 Å². The van der Waals surface area contributed by atoms with Crippen LogP contribution in [0.4, 0.5) is 0 Å². The topological polar surface area (TPSA) is 74.7 Å². The number of rotatable bonds is 3. The molecule has 0 spiro atoms. The van der Waals surface area contributed by atoms with Gasteiger partial charge in [0, 0.05) is 18.7 Å². The van der Waals surface area contributed by atoms with E-state index < -0.39 is 24.1 Å². The molecule has 0 bridgehead atoms. The Morgan fingerprint density at radius 2 is 1.86 bits per heavy atom. The molecular formula is C21H23NO4SSi. The van der Waals surface area contributed by atoms with Gasteiger partial charge in [0.15, 0.2) is 0 Å². The highest BCUT2D eigenvalue weighted by Gasteiger charge is 2.29. The second kappa shape index (κ2) is 7.55. The average Bonchev–Trinajstić information content (AvgIpc) is 2.65. The van der Waals surface area contributed by atoms with Crippen molar-refractivity contribution in [3.05, 3.63) is 64.7 Å². The largest absolute Gasteiger partial charge is 0.478 e. The molecule has 2 aromatic rings. The van der Waals surface area contributed by atoms with Crippen molar-refractivity contribution in [3.63, 3.8) is 0 Å². The van der Waals surface area contributed by atoms with Gasteiger partial charge in [0.1, 0.15) is 8.07 Å². The van der Waals surface area contributed by atoms with E-state index in [4.69, 9.17) is 5.11 Å². The van der Waals surface area contributed by atoms with Crippen LogP contribution in [0, 0.1) is 11.5 Å². The van der Waals surface area contributed by atoms with Crippen LogP contribution in [-0.4, -0.2) is 38.4 Å². The fraction of sp³-hybridized carbons (Fsp3) is 0.286. The number of carbonyl (C=O) groups is 1. The van der Waals surface area contributed by atoms with Gasteiger partial charge >= 0.3 is 5.97 Å². The summed E-state index contributed by atoms with van der Waals surface area (Å²) in [6, 6.07) is 11.5. The SMILES string of the molecule is C[Si](C)(C)C#Cc1ccc2c(c1)CN(S(=O)(=O)c1cccc(C(=O)O)c1)CC2. The molecule has 1 aliphatic rings. The van der Waals surface area contributed by atoms with Crippen LogP contribution in [0.3, 0.4) is 0 Å².